The van der Waals surface area contributed by atoms with E-state index in [1.165, 1.54) is 12.1 Å². The van der Waals surface area contributed by atoms with Crippen LogP contribution in [-0.4, -0.2) is 25.2 Å². The molecule has 0 aliphatic rings. The van der Waals surface area contributed by atoms with E-state index >= 15 is 0 Å². The lowest BCUT2D eigenvalue weighted by atomic mass is 10.3. The van der Waals surface area contributed by atoms with Crippen LogP contribution in [0.25, 0.3) is 0 Å². The second kappa shape index (κ2) is 7.66. The number of benzene rings is 1. The maximum atomic E-state index is 13.5. The number of hydrogen-bond donors (Lipinski definition) is 1. The van der Waals surface area contributed by atoms with Crippen LogP contribution in [0.3, 0.4) is 0 Å². The number of nitrogens with zero attached hydrogens (tertiary/aromatic N) is 1. The van der Waals surface area contributed by atoms with Gasteiger partial charge >= 0.3 is 0 Å². The number of nitrogens with one attached hydrogen (secondary N) is 1. The maximum Gasteiger partial charge on any atom is 0.219 e. The van der Waals surface area contributed by atoms with Crippen molar-refractivity contribution in [2.45, 2.75) is 6.54 Å². The van der Waals surface area contributed by atoms with Gasteiger partial charge in [0.05, 0.1) is 6.61 Å². The lowest BCUT2D eigenvalue weighted by molar-refractivity contribution is 0.199. The largest absolute Gasteiger partial charge is 0.436 e. The molecule has 0 spiro atoms. The van der Waals surface area contributed by atoms with Gasteiger partial charge in [0.15, 0.2) is 11.6 Å². The van der Waals surface area contributed by atoms with Crippen molar-refractivity contribution in [2.75, 3.05) is 20.3 Å². The summed E-state index contributed by atoms with van der Waals surface area (Å²) in [6.45, 7) is 2.02. The summed E-state index contributed by atoms with van der Waals surface area (Å²) >= 11 is 0. The van der Waals surface area contributed by atoms with E-state index in [1.54, 1.807) is 25.4 Å². The Labute approximate surface area is 121 Å². The van der Waals surface area contributed by atoms with Crippen LogP contribution in [0.2, 0.25) is 0 Å². The molecule has 2 rings (SSSR count). The van der Waals surface area contributed by atoms with Crippen molar-refractivity contribution in [3.8, 4) is 11.6 Å². The Bertz CT molecular complexity index is 576. The normalized spacial score (nSPS) is 10.6. The first kappa shape index (κ1) is 15.3. The molecule has 0 saturated heterocycles. The highest BCUT2D eigenvalue weighted by Gasteiger charge is 2.10. The van der Waals surface area contributed by atoms with Gasteiger partial charge in [-0.3, -0.25) is 0 Å². The molecule has 6 heteroatoms. The molecule has 1 N–H and O–H groups in total. The van der Waals surface area contributed by atoms with Gasteiger partial charge in [0.2, 0.25) is 11.7 Å². The number of ether oxygens (including phenoxy) is 2. The maximum absolute atomic E-state index is 13.5. The lowest BCUT2D eigenvalue weighted by Gasteiger charge is -2.07. The van der Waals surface area contributed by atoms with E-state index in [-0.39, 0.29) is 11.6 Å². The molecule has 0 amide bonds. The Kier molecular flexibility index (Phi) is 5.59. The summed E-state index contributed by atoms with van der Waals surface area (Å²) in [6, 6.07) is 7.17. The van der Waals surface area contributed by atoms with Crippen LogP contribution in [0, 0.1) is 11.6 Å². The topological polar surface area (TPSA) is 43.4 Å². The molecule has 112 valence electrons. The molecule has 2 aromatic rings. The number of pyridine rings is 1. The van der Waals surface area contributed by atoms with Crippen molar-refractivity contribution in [1.29, 1.82) is 0 Å². The fraction of sp³-hybridized carbons (Fsp3) is 0.267. The number of methoxy groups -OCH3 is 1. The zero-order valence-electron chi connectivity index (χ0n) is 11.6. The Morgan fingerprint density at radius 2 is 2.05 bits per heavy atom. The molecular weight excluding hydrogens is 278 g/mol. The standard InChI is InChI=1S/C15H16F2N2O2/c1-20-8-7-18-9-11-5-6-14(19-10-11)21-13-4-2-3-12(16)15(13)17/h2-6,10,18H,7-9H2,1H3. The second-order valence-corrected chi connectivity index (χ2v) is 4.33. The third-order valence-electron chi connectivity index (χ3n) is 2.74. The highest BCUT2D eigenvalue weighted by atomic mass is 19.2. The molecule has 0 aliphatic carbocycles. The van der Waals surface area contributed by atoms with Crippen molar-refractivity contribution < 1.29 is 18.3 Å². The minimum Gasteiger partial charge on any atom is -0.436 e. The molecule has 1 aromatic carbocycles. The minimum atomic E-state index is -1.02. The van der Waals surface area contributed by atoms with E-state index in [0.717, 1.165) is 18.2 Å². The molecule has 4 nitrogen and oxygen atoms in total. The number of hydrogen-bond acceptors (Lipinski definition) is 4. The summed E-state index contributed by atoms with van der Waals surface area (Å²) in [7, 11) is 1.64. The van der Waals surface area contributed by atoms with E-state index in [2.05, 4.69) is 10.3 Å². The summed E-state index contributed by atoms with van der Waals surface area (Å²) in [5.41, 5.74) is 0.957. The average molecular weight is 294 g/mol. The number of aromatic nitrogens is 1. The second-order valence-electron chi connectivity index (χ2n) is 4.33. The summed E-state index contributed by atoms with van der Waals surface area (Å²) in [4.78, 5) is 4.06. The van der Waals surface area contributed by atoms with E-state index in [1.807, 2.05) is 0 Å². The zero-order chi connectivity index (χ0) is 15.1. The van der Waals surface area contributed by atoms with Gasteiger partial charge in [-0.05, 0) is 17.7 Å². The van der Waals surface area contributed by atoms with Gasteiger partial charge < -0.3 is 14.8 Å². The quantitative estimate of drug-likeness (QED) is 0.797. The smallest absolute Gasteiger partial charge is 0.219 e. The first-order valence-electron chi connectivity index (χ1n) is 6.47. The third-order valence-corrected chi connectivity index (χ3v) is 2.74. The van der Waals surface area contributed by atoms with Gasteiger partial charge in [0.25, 0.3) is 0 Å². The molecule has 0 bridgehead atoms. The monoisotopic (exact) mass is 294 g/mol. The highest BCUT2D eigenvalue weighted by Crippen LogP contribution is 2.24. The van der Waals surface area contributed by atoms with Gasteiger partial charge in [-0.2, -0.15) is 4.39 Å². The van der Waals surface area contributed by atoms with Gasteiger partial charge in [0.1, 0.15) is 0 Å². The molecule has 21 heavy (non-hydrogen) atoms. The molecule has 0 aliphatic heterocycles. The zero-order valence-corrected chi connectivity index (χ0v) is 11.6. The van der Waals surface area contributed by atoms with E-state index in [9.17, 15) is 8.78 Å². The van der Waals surface area contributed by atoms with Gasteiger partial charge in [-0.1, -0.05) is 12.1 Å². The summed E-state index contributed by atoms with van der Waals surface area (Å²) in [5.74, 6) is -1.95. The Balaban J connectivity index is 1.94. The fourth-order valence-electron chi connectivity index (χ4n) is 1.66. The number of rotatable bonds is 7. The van der Waals surface area contributed by atoms with E-state index in [0.29, 0.717) is 13.2 Å². The van der Waals surface area contributed by atoms with Crippen LogP contribution in [-0.2, 0) is 11.3 Å². The van der Waals surface area contributed by atoms with Crippen molar-refractivity contribution in [2.24, 2.45) is 0 Å². The molecule has 1 aromatic heterocycles. The molecule has 0 saturated carbocycles. The van der Waals surface area contributed by atoms with Crippen LogP contribution in [0.15, 0.2) is 36.5 Å². The Hall–Kier alpha value is -2.05. The van der Waals surface area contributed by atoms with E-state index in [4.69, 9.17) is 9.47 Å². The van der Waals surface area contributed by atoms with Gasteiger partial charge in [-0.25, -0.2) is 9.37 Å². The van der Waals surface area contributed by atoms with Gasteiger partial charge in [0, 0.05) is 32.5 Å². The summed E-state index contributed by atoms with van der Waals surface area (Å²) < 4.78 is 36.7. The Morgan fingerprint density at radius 1 is 1.19 bits per heavy atom. The predicted octanol–water partition coefficient (Wildman–Crippen LogP) is 2.89. The van der Waals surface area contributed by atoms with Crippen LogP contribution in [0.4, 0.5) is 8.78 Å². The minimum absolute atomic E-state index is 0.187. The van der Waals surface area contributed by atoms with Crippen molar-refractivity contribution >= 4 is 0 Å². The van der Waals surface area contributed by atoms with Gasteiger partial charge in [-0.15, -0.1) is 0 Å². The van der Waals surface area contributed by atoms with Crippen molar-refractivity contribution in [3.63, 3.8) is 0 Å². The van der Waals surface area contributed by atoms with Crippen LogP contribution in [0.1, 0.15) is 5.56 Å². The first-order valence-corrected chi connectivity index (χ1v) is 6.47. The molecular formula is C15H16F2N2O2. The van der Waals surface area contributed by atoms with Crippen LogP contribution < -0.4 is 10.1 Å². The lowest BCUT2D eigenvalue weighted by Crippen LogP contribution is -2.18. The third kappa shape index (κ3) is 4.47. The molecule has 0 radical (unpaired) electrons. The fourth-order valence-corrected chi connectivity index (χ4v) is 1.66. The van der Waals surface area contributed by atoms with Crippen LogP contribution in [0.5, 0.6) is 11.6 Å². The summed E-state index contributed by atoms with van der Waals surface area (Å²) in [5, 5.41) is 3.17. The average Bonchev–Trinajstić information content (AvgIpc) is 2.50. The van der Waals surface area contributed by atoms with E-state index < -0.39 is 11.6 Å². The highest BCUT2D eigenvalue weighted by molar-refractivity contribution is 5.30. The Morgan fingerprint density at radius 3 is 2.76 bits per heavy atom. The number of halogens is 2. The molecule has 0 fully saturated rings. The molecule has 0 unspecified atom stereocenters. The van der Waals surface area contributed by atoms with Crippen LogP contribution >= 0.6 is 0 Å². The SMILES string of the molecule is COCCNCc1ccc(Oc2cccc(F)c2F)nc1. The van der Waals surface area contributed by atoms with Crippen molar-refractivity contribution in [3.05, 3.63) is 53.7 Å². The molecule has 1 heterocycles. The van der Waals surface area contributed by atoms with Crippen molar-refractivity contribution in [1.82, 2.24) is 10.3 Å². The summed E-state index contributed by atoms with van der Waals surface area (Å²) in [6.07, 6.45) is 1.62. The molecule has 0 atom stereocenters. The predicted molar refractivity (Wildman–Crippen MR) is 74.3 cm³/mol. The first-order chi connectivity index (χ1) is 10.2.